The fourth-order valence-corrected chi connectivity index (χ4v) is 4.61. The van der Waals surface area contributed by atoms with Crippen LogP contribution in [0, 0.1) is 5.82 Å². The van der Waals surface area contributed by atoms with Crippen LogP contribution in [0.4, 0.5) is 4.39 Å². The monoisotopic (exact) mass is 423 g/mol. The summed E-state index contributed by atoms with van der Waals surface area (Å²) in [6.07, 6.45) is 6.54. The average Bonchev–Trinajstić information content (AvgIpc) is 3.25. The fourth-order valence-electron chi connectivity index (χ4n) is 4.61. The third-order valence-corrected chi connectivity index (χ3v) is 6.41. The molecule has 1 fully saturated rings. The van der Waals surface area contributed by atoms with Crippen molar-refractivity contribution in [3.63, 3.8) is 0 Å². The molecule has 1 aliphatic carbocycles. The largest absolute Gasteiger partial charge is 0.497 e. The summed E-state index contributed by atoms with van der Waals surface area (Å²) in [5, 5.41) is 6.27. The summed E-state index contributed by atoms with van der Waals surface area (Å²) >= 11 is 0. The molecule has 0 aromatic heterocycles. The van der Waals surface area contributed by atoms with E-state index in [2.05, 4.69) is 4.90 Å². The van der Waals surface area contributed by atoms with Crippen LogP contribution in [0.25, 0.3) is 0 Å². The predicted molar refractivity (Wildman–Crippen MR) is 120 cm³/mol. The van der Waals surface area contributed by atoms with Crippen molar-refractivity contribution in [2.45, 2.75) is 50.6 Å². The molecule has 2 aromatic carbocycles. The van der Waals surface area contributed by atoms with E-state index in [0.717, 1.165) is 35.4 Å². The first kappa shape index (κ1) is 21.5. The number of hydrazone groups is 1. The van der Waals surface area contributed by atoms with Gasteiger partial charge in [0.1, 0.15) is 11.6 Å². The van der Waals surface area contributed by atoms with Crippen molar-refractivity contribution in [2.24, 2.45) is 5.10 Å². The number of nitrogens with zero attached hydrogens (tertiary/aromatic N) is 3. The molecule has 4 rings (SSSR count). The number of ether oxygens (including phenoxy) is 1. The van der Waals surface area contributed by atoms with Crippen molar-refractivity contribution < 1.29 is 13.9 Å². The smallest absolute Gasteiger partial charge is 0.257 e. The maximum Gasteiger partial charge on any atom is 0.257 e. The molecule has 0 bridgehead atoms. The Morgan fingerprint density at radius 3 is 2.58 bits per heavy atom. The second kappa shape index (κ2) is 9.60. The van der Waals surface area contributed by atoms with E-state index in [1.54, 1.807) is 18.2 Å². The van der Waals surface area contributed by atoms with Crippen LogP contribution < -0.4 is 4.74 Å². The summed E-state index contributed by atoms with van der Waals surface area (Å²) in [4.78, 5) is 15.5. The number of hydrogen-bond acceptors (Lipinski definition) is 4. The van der Waals surface area contributed by atoms with Crippen molar-refractivity contribution in [3.8, 4) is 5.75 Å². The zero-order valence-corrected chi connectivity index (χ0v) is 18.3. The summed E-state index contributed by atoms with van der Waals surface area (Å²) < 4.78 is 19.2. The highest BCUT2D eigenvalue weighted by Crippen LogP contribution is 2.34. The lowest BCUT2D eigenvalue weighted by Crippen LogP contribution is -2.42. The number of hydrogen-bond donors (Lipinski definition) is 0. The Balaban J connectivity index is 1.57. The van der Waals surface area contributed by atoms with Gasteiger partial charge in [-0.05, 0) is 67.4 Å². The van der Waals surface area contributed by atoms with Crippen LogP contribution in [0.2, 0.25) is 0 Å². The minimum atomic E-state index is -0.306. The standard InChI is InChI=1S/C25H30FN3O2/c1-28(21-9-4-3-5-10-21)17-25(30)29-24(19-7-6-8-20(26)15-19)16-23(27-29)18-11-13-22(31-2)14-12-18/h6-8,11-15,21,24H,3-5,9-10,16-17H2,1-2H3/t24-/m1/s1. The zero-order chi connectivity index (χ0) is 21.8. The molecule has 0 radical (unpaired) electrons. The number of benzene rings is 2. The van der Waals surface area contributed by atoms with Crippen molar-refractivity contribution in [1.82, 2.24) is 9.91 Å². The van der Waals surface area contributed by atoms with Gasteiger partial charge in [0.2, 0.25) is 0 Å². The van der Waals surface area contributed by atoms with Crippen molar-refractivity contribution in [2.75, 3.05) is 20.7 Å². The van der Waals surface area contributed by atoms with Gasteiger partial charge in [0.05, 0.1) is 25.4 Å². The van der Waals surface area contributed by atoms with E-state index >= 15 is 0 Å². The van der Waals surface area contributed by atoms with Gasteiger partial charge in [-0.2, -0.15) is 5.10 Å². The average molecular weight is 424 g/mol. The van der Waals surface area contributed by atoms with E-state index in [4.69, 9.17) is 9.84 Å². The van der Waals surface area contributed by atoms with E-state index in [1.807, 2.05) is 37.4 Å². The third-order valence-electron chi connectivity index (χ3n) is 6.41. The summed E-state index contributed by atoms with van der Waals surface area (Å²) in [6, 6.07) is 14.3. The summed E-state index contributed by atoms with van der Waals surface area (Å²) in [6.45, 7) is 0.315. The van der Waals surface area contributed by atoms with E-state index in [0.29, 0.717) is 19.0 Å². The van der Waals surface area contributed by atoms with Crippen LogP contribution >= 0.6 is 0 Å². The first-order valence-corrected chi connectivity index (χ1v) is 11.0. The number of rotatable bonds is 6. The lowest BCUT2D eigenvalue weighted by molar-refractivity contribution is -0.134. The number of carbonyl (C=O) groups is 1. The van der Waals surface area contributed by atoms with Gasteiger partial charge in [-0.25, -0.2) is 9.40 Å². The van der Waals surface area contributed by atoms with E-state index < -0.39 is 0 Å². The first-order chi connectivity index (χ1) is 15.0. The number of halogens is 1. The van der Waals surface area contributed by atoms with Gasteiger partial charge >= 0.3 is 0 Å². The topological polar surface area (TPSA) is 45.1 Å². The molecule has 0 saturated heterocycles. The number of methoxy groups -OCH3 is 1. The van der Waals surface area contributed by atoms with Gasteiger partial charge < -0.3 is 4.74 Å². The molecule has 1 amide bonds. The predicted octanol–water partition coefficient (Wildman–Crippen LogP) is 4.78. The third kappa shape index (κ3) is 4.96. The van der Waals surface area contributed by atoms with Gasteiger partial charge in [-0.1, -0.05) is 31.4 Å². The van der Waals surface area contributed by atoms with Crippen LogP contribution in [-0.2, 0) is 4.79 Å². The molecular formula is C25H30FN3O2. The second-order valence-electron chi connectivity index (χ2n) is 8.50. The molecule has 5 nitrogen and oxygen atoms in total. The lowest BCUT2D eigenvalue weighted by atomic mass is 9.94. The molecule has 31 heavy (non-hydrogen) atoms. The van der Waals surface area contributed by atoms with E-state index in [-0.39, 0.29) is 17.8 Å². The molecule has 1 atom stereocenters. The van der Waals surface area contributed by atoms with E-state index in [1.165, 1.54) is 31.4 Å². The number of likely N-dealkylation sites (N-methyl/N-ethyl adjacent to an activating group) is 1. The molecule has 1 heterocycles. The molecule has 2 aromatic rings. The molecule has 1 saturated carbocycles. The van der Waals surface area contributed by atoms with Crippen LogP contribution in [-0.4, -0.2) is 48.3 Å². The van der Waals surface area contributed by atoms with E-state index in [9.17, 15) is 9.18 Å². The first-order valence-electron chi connectivity index (χ1n) is 11.0. The van der Waals surface area contributed by atoms with Crippen molar-refractivity contribution in [3.05, 3.63) is 65.5 Å². The van der Waals surface area contributed by atoms with Crippen LogP contribution in [0.3, 0.4) is 0 Å². The Hall–Kier alpha value is -2.73. The molecule has 1 aliphatic heterocycles. The lowest BCUT2D eigenvalue weighted by Gasteiger charge is -2.32. The Labute approximate surface area is 183 Å². The van der Waals surface area contributed by atoms with Gasteiger partial charge in [0.15, 0.2) is 0 Å². The second-order valence-corrected chi connectivity index (χ2v) is 8.50. The fraction of sp³-hybridized carbons (Fsp3) is 0.440. The van der Waals surface area contributed by atoms with Crippen LogP contribution in [0.15, 0.2) is 53.6 Å². The highest BCUT2D eigenvalue weighted by molar-refractivity contribution is 6.03. The highest BCUT2D eigenvalue weighted by Gasteiger charge is 2.34. The zero-order valence-electron chi connectivity index (χ0n) is 18.3. The van der Waals surface area contributed by atoms with Crippen molar-refractivity contribution >= 4 is 11.6 Å². The number of amides is 1. The summed E-state index contributed by atoms with van der Waals surface area (Å²) in [7, 11) is 3.65. The Morgan fingerprint density at radius 2 is 1.90 bits per heavy atom. The van der Waals surface area contributed by atoms with Gasteiger partial charge in [0, 0.05) is 12.5 Å². The highest BCUT2D eigenvalue weighted by atomic mass is 19.1. The Kier molecular flexibility index (Phi) is 6.66. The summed E-state index contributed by atoms with van der Waals surface area (Å²) in [5.74, 6) is 0.416. The molecule has 0 spiro atoms. The molecule has 0 N–H and O–H groups in total. The van der Waals surface area contributed by atoms with Gasteiger partial charge in [0.25, 0.3) is 5.91 Å². The number of carbonyl (C=O) groups excluding carboxylic acids is 1. The Bertz CT molecular complexity index is 938. The SMILES string of the molecule is COc1ccc(C2=NN(C(=O)CN(C)C3CCCCC3)[C@@H](c3cccc(F)c3)C2)cc1. The minimum absolute atomic E-state index is 0.0501. The molecule has 2 aliphatic rings. The maximum absolute atomic E-state index is 13.9. The normalized spacial score (nSPS) is 19.5. The van der Waals surface area contributed by atoms with Crippen molar-refractivity contribution in [1.29, 1.82) is 0 Å². The molecule has 164 valence electrons. The maximum atomic E-state index is 13.9. The van der Waals surface area contributed by atoms with Crippen LogP contribution in [0.1, 0.15) is 55.7 Å². The van der Waals surface area contributed by atoms with Gasteiger partial charge in [-0.3, -0.25) is 9.69 Å². The quantitative estimate of drug-likeness (QED) is 0.672. The minimum Gasteiger partial charge on any atom is -0.497 e. The van der Waals surface area contributed by atoms with Gasteiger partial charge in [-0.15, -0.1) is 0 Å². The molecule has 0 unspecified atom stereocenters. The molecule has 6 heteroatoms. The Morgan fingerprint density at radius 1 is 1.16 bits per heavy atom. The molecular weight excluding hydrogens is 393 g/mol. The van der Waals surface area contributed by atoms with Crippen LogP contribution in [0.5, 0.6) is 5.75 Å². The summed E-state index contributed by atoms with van der Waals surface area (Å²) in [5.41, 5.74) is 2.53.